The van der Waals surface area contributed by atoms with E-state index in [1.54, 1.807) is 42.1 Å². The number of hydrogen-bond donors (Lipinski definition) is 0. The first-order valence-corrected chi connectivity index (χ1v) is 7.08. The Hall–Kier alpha value is -2.56. The number of amides is 1. The standard InChI is InChI=1S/C17H21N3O2/c1-13(15-6-8-16(22-4)9-7-15)20(3)17(21)10-5-14-11-18-19(2)12-14/h5-13H,1-4H3/b10-5+/t13-/m1/s1. The highest BCUT2D eigenvalue weighted by Gasteiger charge is 2.15. The van der Waals surface area contributed by atoms with Crippen molar-refractivity contribution in [2.75, 3.05) is 14.2 Å². The monoisotopic (exact) mass is 299 g/mol. The maximum absolute atomic E-state index is 12.2. The molecule has 0 N–H and O–H groups in total. The van der Waals surface area contributed by atoms with Gasteiger partial charge in [0.15, 0.2) is 0 Å². The Kier molecular flexibility index (Phi) is 4.99. The van der Waals surface area contributed by atoms with Gasteiger partial charge in [0.1, 0.15) is 5.75 Å². The molecular weight excluding hydrogens is 278 g/mol. The molecule has 0 saturated heterocycles. The number of likely N-dealkylation sites (N-methyl/N-ethyl adjacent to an activating group) is 1. The summed E-state index contributed by atoms with van der Waals surface area (Å²) in [5.74, 6) is 0.758. The first kappa shape index (κ1) is 15.8. The minimum Gasteiger partial charge on any atom is -0.497 e. The average molecular weight is 299 g/mol. The molecule has 1 atom stereocenters. The molecular formula is C17H21N3O2. The maximum atomic E-state index is 12.2. The summed E-state index contributed by atoms with van der Waals surface area (Å²) in [6.07, 6.45) is 6.91. The average Bonchev–Trinajstić information content (AvgIpc) is 2.96. The third-order valence-corrected chi connectivity index (χ3v) is 3.67. The molecule has 0 radical (unpaired) electrons. The van der Waals surface area contributed by atoms with Crippen molar-refractivity contribution in [3.63, 3.8) is 0 Å². The number of rotatable bonds is 5. The van der Waals surface area contributed by atoms with Crippen LogP contribution in [0.4, 0.5) is 0 Å². The lowest BCUT2D eigenvalue weighted by atomic mass is 10.1. The molecule has 2 aromatic rings. The summed E-state index contributed by atoms with van der Waals surface area (Å²) < 4.78 is 6.85. The SMILES string of the molecule is COc1ccc([C@@H](C)N(C)C(=O)/C=C/c2cnn(C)c2)cc1. The fourth-order valence-electron chi connectivity index (χ4n) is 2.11. The van der Waals surface area contributed by atoms with Crippen LogP contribution in [0.25, 0.3) is 6.08 Å². The van der Waals surface area contributed by atoms with Crippen LogP contribution in [0, 0.1) is 0 Å². The topological polar surface area (TPSA) is 47.4 Å². The molecule has 0 aliphatic rings. The van der Waals surface area contributed by atoms with E-state index in [0.29, 0.717) is 0 Å². The molecule has 0 saturated carbocycles. The number of ether oxygens (including phenoxy) is 1. The van der Waals surface area contributed by atoms with Gasteiger partial charge in [-0.1, -0.05) is 12.1 Å². The molecule has 1 heterocycles. The van der Waals surface area contributed by atoms with Gasteiger partial charge in [-0.05, 0) is 30.7 Å². The number of aromatic nitrogens is 2. The summed E-state index contributed by atoms with van der Waals surface area (Å²) in [5, 5.41) is 4.07. The molecule has 0 spiro atoms. The Morgan fingerprint density at radius 1 is 1.36 bits per heavy atom. The summed E-state index contributed by atoms with van der Waals surface area (Å²) in [4.78, 5) is 14.0. The predicted octanol–water partition coefficient (Wildman–Crippen LogP) is 2.66. The number of methoxy groups -OCH3 is 1. The van der Waals surface area contributed by atoms with Crippen LogP contribution in [-0.4, -0.2) is 34.7 Å². The van der Waals surface area contributed by atoms with E-state index >= 15 is 0 Å². The summed E-state index contributed by atoms with van der Waals surface area (Å²) >= 11 is 0. The van der Waals surface area contributed by atoms with E-state index < -0.39 is 0 Å². The zero-order chi connectivity index (χ0) is 16.1. The molecule has 0 fully saturated rings. The van der Waals surface area contributed by atoms with Gasteiger partial charge >= 0.3 is 0 Å². The van der Waals surface area contributed by atoms with Gasteiger partial charge in [0.2, 0.25) is 5.91 Å². The highest BCUT2D eigenvalue weighted by atomic mass is 16.5. The number of carbonyl (C=O) groups excluding carboxylic acids is 1. The van der Waals surface area contributed by atoms with Crippen LogP contribution in [0.5, 0.6) is 5.75 Å². The van der Waals surface area contributed by atoms with Crippen LogP contribution in [0.1, 0.15) is 24.1 Å². The number of aryl methyl sites for hydroxylation is 1. The first-order valence-electron chi connectivity index (χ1n) is 7.08. The lowest BCUT2D eigenvalue weighted by Gasteiger charge is -2.24. The highest BCUT2D eigenvalue weighted by Crippen LogP contribution is 2.21. The van der Waals surface area contributed by atoms with Gasteiger partial charge in [-0.15, -0.1) is 0 Å². The van der Waals surface area contributed by atoms with E-state index in [4.69, 9.17) is 4.74 Å². The van der Waals surface area contributed by atoms with Crippen LogP contribution in [0.15, 0.2) is 42.7 Å². The fourth-order valence-corrected chi connectivity index (χ4v) is 2.11. The molecule has 0 bridgehead atoms. The highest BCUT2D eigenvalue weighted by molar-refractivity contribution is 5.91. The number of nitrogens with zero attached hydrogens (tertiary/aromatic N) is 3. The second-order valence-electron chi connectivity index (χ2n) is 5.18. The van der Waals surface area contributed by atoms with Crippen molar-refractivity contribution < 1.29 is 9.53 Å². The second kappa shape index (κ2) is 6.93. The van der Waals surface area contributed by atoms with Crippen LogP contribution < -0.4 is 4.74 Å². The second-order valence-corrected chi connectivity index (χ2v) is 5.18. The summed E-state index contributed by atoms with van der Waals surface area (Å²) in [5.41, 5.74) is 1.97. The minimum absolute atomic E-state index is 0.0167. The van der Waals surface area contributed by atoms with E-state index in [0.717, 1.165) is 16.9 Å². The fraction of sp³-hybridized carbons (Fsp3) is 0.294. The molecule has 0 unspecified atom stereocenters. The van der Waals surface area contributed by atoms with Gasteiger partial charge in [-0.25, -0.2) is 0 Å². The molecule has 1 amide bonds. The van der Waals surface area contributed by atoms with Crippen LogP contribution >= 0.6 is 0 Å². The third-order valence-electron chi connectivity index (χ3n) is 3.67. The summed E-state index contributed by atoms with van der Waals surface area (Å²) in [6, 6.07) is 7.72. The number of carbonyl (C=O) groups is 1. The summed E-state index contributed by atoms with van der Waals surface area (Å²) in [6.45, 7) is 2.00. The van der Waals surface area contributed by atoms with Gasteiger partial charge in [0.05, 0.1) is 19.3 Å². The van der Waals surface area contributed by atoms with E-state index in [2.05, 4.69) is 5.10 Å². The Bertz CT molecular complexity index is 659. The zero-order valence-electron chi connectivity index (χ0n) is 13.4. The molecule has 1 aromatic heterocycles. The molecule has 0 aliphatic heterocycles. The van der Waals surface area contributed by atoms with Gasteiger partial charge in [-0.2, -0.15) is 5.10 Å². The molecule has 0 aliphatic carbocycles. The lowest BCUT2D eigenvalue weighted by molar-refractivity contribution is -0.126. The largest absolute Gasteiger partial charge is 0.497 e. The van der Waals surface area contributed by atoms with Crippen LogP contribution in [0.3, 0.4) is 0 Å². The molecule has 116 valence electrons. The van der Waals surface area contributed by atoms with Crippen molar-refractivity contribution in [1.82, 2.24) is 14.7 Å². The van der Waals surface area contributed by atoms with E-state index in [9.17, 15) is 4.79 Å². The Balaban J connectivity index is 2.03. The smallest absolute Gasteiger partial charge is 0.246 e. The number of benzene rings is 1. The van der Waals surface area contributed by atoms with Crippen molar-refractivity contribution in [1.29, 1.82) is 0 Å². The Morgan fingerprint density at radius 2 is 2.05 bits per heavy atom. The first-order chi connectivity index (χ1) is 10.5. The van der Waals surface area contributed by atoms with Crippen LogP contribution in [-0.2, 0) is 11.8 Å². The van der Waals surface area contributed by atoms with Crippen molar-refractivity contribution >= 4 is 12.0 Å². The van der Waals surface area contributed by atoms with Crippen molar-refractivity contribution in [2.24, 2.45) is 7.05 Å². The van der Waals surface area contributed by atoms with Gasteiger partial charge < -0.3 is 9.64 Å². The molecule has 1 aromatic carbocycles. The quantitative estimate of drug-likeness (QED) is 0.797. The van der Waals surface area contributed by atoms with Gasteiger partial charge in [-0.3, -0.25) is 9.48 Å². The van der Waals surface area contributed by atoms with Crippen molar-refractivity contribution in [3.05, 3.63) is 53.9 Å². The van der Waals surface area contributed by atoms with E-state index in [1.807, 2.05) is 44.4 Å². The Labute approximate surface area is 130 Å². The molecule has 5 nitrogen and oxygen atoms in total. The lowest BCUT2D eigenvalue weighted by Crippen LogP contribution is -2.27. The Morgan fingerprint density at radius 3 is 2.59 bits per heavy atom. The molecule has 2 rings (SSSR count). The van der Waals surface area contributed by atoms with Gasteiger partial charge in [0.25, 0.3) is 0 Å². The van der Waals surface area contributed by atoms with Crippen molar-refractivity contribution in [2.45, 2.75) is 13.0 Å². The molecule has 5 heteroatoms. The molecule has 22 heavy (non-hydrogen) atoms. The van der Waals surface area contributed by atoms with Gasteiger partial charge in [0, 0.05) is 31.9 Å². The normalized spacial score (nSPS) is 12.4. The van der Waals surface area contributed by atoms with E-state index in [1.165, 1.54) is 0 Å². The number of hydrogen-bond acceptors (Lipinski definition) is 3. The van der Waals surface area contributed by atoms with E-state index in [-0.39, 0.29) is 11.9 Å². The minimum atomic E-state index is -0.0489. The maximum Gasteiger partial charge on any atom is 0.246 e. The predicted molar refractivity (Wildman–Crippen MR) is 86.4 cm³/mol. The third kappa shape index (κ3) is 3.75. The van der Waals surface area contributed by atoms with Crippen LogP contribution in [0.2, 0.25) is 0 Å². The zero-order valence-corrected chi connectivity index (χ0v) is 13.4. The summed E-state index contributed by atoms with van der Waals surface area (Å²) in [7, 11) is 5.28. The van der Waals surface area contributed by atoms with Crippen molar-refractivity contribution in [3.8, 4) is 5.75 Å².